The van der Waals surface area contributed by atoms with Crippen LogP contribution in [0.25, 0.3) is 22.0 Å². The van der Waals surface area contributed by atoms with Gasteiger partial charge in [-0.05, 0) is 108 Å². The van der Waals surface area contributed by atoms with Crippen LogP contribution in [0.3, 0.4) is 0 Å². The highest BCUT2D eigenvalue weighted by molar-refractivity contribution is 7.90. The van der Waals surface area contributed by atoms with Crippen molar-refractivity contribution in [2.45, 2.75) is 102 Å². The van der Waals surface area contributed by atoms with Gasteiger partial charge in [0, 0.05) is 34.9 Å². The number of rotatable bonds is 8. The Labute approximate surface area is 266 Å². The molecule has 0 unspecified atom stereocenters. The number of sulfone groups is 1. The number of hydrogen-bond donors (Lipinski definition) is 2. The largest absolute Gasteiger partial charge is 0.444 e. The summed E-state index contributed by atoms with van der Waals surface area (Å²) in [5.74, 6) is 0.452. The number of carbonyl (C=O) groups excluding carboxylic acids is 1. The van der Waals surface area contributed by atoms with Gasteiger partial charge >= 0.3 is 6.09 Å². The molecule has 1 fully saturated rings. The maximum Gasteiger partial charge on any atom is 0.407 e. The number of anilines is 1. The van der Waals surface area contributed by atoms with Crippen LogP contribution >= 0.6 is 0 Å². The van der Waals surface area contributed by atoms with E-state index in [1.807, 2.05) is 46.0 Å². The topological polar surface area (TPSA) is 123 Å². The van der Waals surface area contributed by atoms with Crippen molar-refractivity contribution in [1.29, 1.82) is 0 Å². The van der Waals surface area contributed by atoms with Gasteiger partial charge in [-0.3, -0.25) is 4.98 Å². The van der Waals surface area contributed by atoms with E-state index < -0.39 is 15.4 Å². The number of aryl methyl sites for hydroxylation is 3. The molecule has 5 rings (SSSR count). The lowest BCUT2D eigenvalue weighted by Crippen LogP contribution is -2.42. The number of carbonyl (C=O) groups is 1. The predicted molar refractivity (Wildman–Crippen MR) is 178 cm³/mol. The number of nitrogens with one attached hydrogen (secondary N) is 2. The van der Waals surface area contributed by atoms with Crippen molar-refractivity contribution in [3.05, 3.63) is 77.2 Å². The van der Waals surface area contributed by atoms with E-state index in [4.69, 9.17) is 14.7 Å². The summed E-state index contributed by atoms with van der Waals surface area (Å²) >= 11 is 0. The first-order chi connectivity index (χ1) is 21.3. The van der Waals surface area contributed by atoms with Crippen molar-refractivity contribution in [1.82, 2.24) is 20.3 Å². The number of aromatic nitrogens is 3. The second kappa shape index (κ2) is 13.1. The molecule has 2 heterocycles. The Morgan fingerprint density at radius 1 is 0.978 bits per heavy atom. The lowest BCUT2D eigenvalue weighted by molar-refractivity contribution is 0.0492. The number of benzene rings is 2. The Kier molecular flexibility index (Phi) is 9.44. The predicted octanol–water partition coefficient (Wildman–Crippen LogP) is 7.09. The fourth-order valence-electron chi connectivity index (χ4n) is 5.93. The third-order valence-electron chi connectivity index (χ3n) is 8.15. The van der Waals surface area contributed by atoms with Crippen molar-refractivity contribution < 1.29 is 17.9 Å². The van der Waals surface area contributed by atoms with Gasteiger partial charge in [0.2, 0.25) is 5.95 Å². The average Bonchev–Trinajstić information content (AvgIpc) is 2.96. The molecule has 1 aliphatic carbocycles. The first kappa shape index (κ1) is 32.3. The Bertz CT molecular complexity index is 1810. The highest BCUT2D eigenvalue weighted by atomic mass is 32.2. The SMILES string of the molecule is CCc1cc(-c2ccc(CS(=O)(=O)c3ccccc3C)nc2C)cc2cnc(NC3CCC(NC(=O)OC(C)(C)C)CC3)nc12. The van der Waals surface area contributed by atoms with E-state index in [-0.39, 0.29) is 23.9 Å². The second-order valence-electron chi connectivity index (χ2n) is 12.9. The molecule has 2 aromatic heterocycles. The van der Waals surface area contributed by atoms with E-state index in [1.165, 1.54) is 0 Å². The van der Waals surface area contributed by atoms with Gasteiger partial charge in [0.05, 0.1) is 21.9 Å². The molecule has 1 saturated carbocycles. The van der Waals surface area contributed by atoms with Crippen LogP contribution in [0.2, 0.25) is 0 Å². The Morgan fingerprint density at radius 2 is 1.69 bits per heavy atom. The van der Waals surface area contributed by atoms with Gasteiger partial charge in [-0.2, -0.15) is 0 Å². The number of hydrogen-bond acceptors (Lipinski definition) is 8. The zero-order chi connectivity index (χ0) is 32.4. The number of amides is 1. The lowest BCUT2D eigenvalue weighted by Gasteiger charge is -2.30. The van der Waals surface area contributed by atoms with Crippen LogP contribution in [-0.4, -0.2) is 47.1 Å². The van der Waals surface area contributed by atoms with E-state index in [9.17, 15) is 13.2 Å². The molecule has 0 saturated heterocycles. The first-order valence-electron chi connectivity index (χ1n) is 15.6. The van der Waals surface area contributed by atoms with Crippen molar-refractivity contribution in [2.75, 3.05) is 5.32 Å². The van der Waals surface area contributed by atoms with Crippen LogP contribution in [0, 0.1) is 13.8 Å². The van der Waals surface area contributed by atoms with Gasteiger partial charge in [0.1, 0.15) is 5.60 Å². The third-order valence-corrected chi connectivity index (χ3v) is 9.95. The summed E-state index contributed by atoms with van der Waals surface area (Å²) in [7, 11) is -3.51. The first-order valence-corrected chi connectivity index (χ1v) is 17.3. The molecular formula is C35H43N5O4S. The summed E-state index contributed by atoms with van der Waals surface area (Å²) in [5, 5.41) is 7.43. The van der Waals surface area contributed by atoms with E-state index in [0.717, 1.165) is 71.0 Å². The molecule has 9 nitrogen and oxygen atoms in total. The maximum atomic E-state index is 13.1. The zero-order valence-electron chi connectivity index (χ0n) is 27.0. The molecular weight excluding hydrogens is 586 g/mol. The lowest BCUT2D eigenvalue weighted by atomic mass is 9.91. The molecule has 0 radical (unpaired) electrons. The number of nitrogens with zero attached hydrogens (tertiary/aromatic N) is 3. The third kappa shape index (κ3) is 7.97. The van der Waals surface area contributed by atoms with Crippen LogP contribution in [-0.2, 0) is 26.7 Å². The number of pyridine rings is 1. The summed E-state index contributed by atoms with van der Waals surface area (Å²) in [6.07, 6.45) is 5.80. The van der Waals surface area contributed by atoms with Gasteiger partial charge in [0.15, 0.2) is 9.84 Å². The minimum absolute atomic E-state index is 0.102. The molecule has 4 aromatic rings. The Balaban J connectivity index is 1.28. The van der Waals surface area contributed by atoms with E-state index in [0.29, 0.717) is 16.5 Å². The van der Waals surface area contributed by atoms with Crippen molar-refractivity contribution in [3.8, 4) is 11.1 Å². The molecule has 10 heteroatoms. The Hall–Kier alpha value is -4.05. The van der Waals surface area contributed by atoms with Crippen LogP contribution in [0.15, 0.2) is 59.6 Å². The average molecular weight is 630 g/mol. The fraction of sp³-hybridized carbons (Fsp3) is 0.429. The minimum atomic E-state index is -3.51. The monoisotopic (exact) mass is 629 g/mol. The molecule has 2 aromatic carbocycles. The van der Waals surface area contributed by atoms with E-state index >= 15 is 0 Å². The number of fused-ring (bicyclic) bond motifs is 1. The van der Waals surface area contributed by atoms with Gasteiger partial charge in [-0.1, -0.05) is 31.2 Å². The van der Waals surface area contributed by atoms with E-state index in [1.54, 1.807) is 31.2 Å². The van der Waals surface area contributed by atoms with Gasteiger partial charge < -0.3 is 15.4 Å². The standard InChI is InChI=1S/C35H43N5O4S/c1-7-24-18-25(30-17-16-29(37-23(30)3)21-45(42,43)31-11-9-8-10-22(31)2)19-26-20-36-33(40-32(24)26)38-27-12-14-28(15-13-27)39-34(41)44-35(4,5)6/h8-11,16-20,27-28H,7,12-15,21H2,1-6H3,(H,39,41)(H,36,38,40). The highest BCUT2D eigenvalue weighted by Gasteiger charge is 2.25. The summed E-state index contributed by atoms with van der Waals surface area (Å²) in [5.41, 5.74) is 5.46. The van der Waals surface area contributed by atoms with E-state index in [2.05, 4.69) is 34.7 Å². The Morgan fingerprint density at radius 3 is 2.36 bits per heavy atom. The molecule has 2 N–H and O–H groups in total. The summed E-state index contributed by atoms with van der Waals surface area (Å²) in [6, 6.07) is 15.3. The zero-order valence-corrected chi connectivity index (χ0v) is 27.8. The minimum Gasteiger partial charge on any atom is -0.444 e. The summed E-state index contributed by atoms with van der Waals surface area (Å²) in [6.45, 7) is 11.4. The molecule has 0 aliphatic heterocycles. The van der Waals surface area contributed by atoms with Gasteiger partial charge in [0.25, 0.3) is 0 Å². The number of alkyl carbamates (subject to hydrolysis) is 1. The second-order valence-corrected chi connectivity index (χ2v) is 14.9. The normalized spacial score (nSPS) is 17.2. The molecule has 1 aliphatic rings. The van der Waals surface area contributed by atoms with Gasteiger partial charge in [-0.25, -0.2) is 23.2 Å². The van der Waals surface area contributed by atoms with Crippen molar-refractivity contribution >= 4 is 32.8 Å². The van der Waals surface area contributed by atoms with Crippen molar-refractivity contribution in [3.63, 3.8) is 0 Å². The van der Waals surface area contributed by atoms with Gasteiger partial charge in [-0.15, -0.1) is 0 Å². The molecule has 238 valence electrons. The van der Waals surface area contributed by atoms with Crippen LogP contribution < -0.4 is 10.6 Å². The molecule has 0 atom stereocenters. The van der Waals surface area contributed by atoms with Crippen molar-refractivity contribution in [2.24, 2.45) is 0 Å². The number of ether oxygens (including phenoxy) is 1. The molecule has 0 bridgehead atoms. The fourth-order valence-corrected chi connectivity index (χ4v) is 7.48. The molecule has 0 spiro atoms. The van der Waals surface area contributed by atoms with Crippen LogP contribution in [0.5, 0.6) is 0 Å². The molecule has 1 amide bonds. The maximum absolute atomic E-state index is 13.1. The highest BCUT2D eigenvalue weighted by Crippen LogP contribution is 2.31. The smallest absolute Gasteiger partial charge is 0.407 e. The quantitative estimate of drug-likeness (QED) is 0.212. The summed E-state index contributed by atoms with van der Waals surface area (Å²) < 4.78 is 31.6. The van der Waals surface area contributed by atoms with Crippen LogP contribution in [0.1, 0.15) is 75.9 Å². The molecule has 45 heavy (non-hydrogen) atoms. The summed E-state index contributed by atoms with van der Waals surface area (Å²) in [4.78, 5) is 26.7. The van der Waals surface area contributed by atoms with Crippen LogP contribution in [0.4, 0.5) is 10.7 Å².